The van der Waals surface area contributed by atoms with Gasteiger partial charge >= 0.3 is 0 Å². The SMILES string of the molecule is CC(C)c1ccc2c(c1)OC[C@H]2C. The van der Waals surface area contributed by atoms with Gasteiger partial charge in [-0.25, -0.2) is 0 Å². The van der Waals surface area contributed by atoms with E-state index in [0.29, 0.717) is 11.8 Å². The maximum atomic E-state index is 5.60. The van der Waals surface area contributed by atoms with Crippen LogP contribution in [0.1, 0.15) is 43.7 Å². The predicted octanol–water partition coefficient (Wildman–Crippen LogP) is 3.31. The lowest BCUT2D eigenvalue weighted by Crippen LogP contribution is -1.93. The van der Waals surface area contributed by atoms with Crippen molar-refractivity contribution < 1.29 is 4.74 Å². The summed E-state index contributed by atoms with van der Waals surface area (Å²) >= 11 is 0. The van der Waals surface area contributed by atoms with Gasteiger partial charge in [0, 0.05) is 11.5 Å². The van der Waals surface area contributed by atoms with Gasteiger partial charge in [-0.05, 0) is 17.5 Å². The molecule has 1 heterocycles. The van der Waals surface area contributed by atoms with Crippen LogP contribution in [-0.2, 0) is 0 Å². The zero-order chi connectivity index (χ0) is 9.42. The Balaban J connectivity index is 2.40. The van der Waals surface area contributed by atoms with Gasteiger partial charge in [-0.1, -0.05) is 32.9 Å². The van der Waals surface area contributed by atoms with Crippen LogP contribution in [0.4, 0.5) is 0 Å². The van der Waals surface area contributed by atoms with Crippen LogP contribution in [0.15, 0.2) is 18.2 Å². The van der Waals surface area contributed by atoms with Crippen molar-refractivity contribution in [2.45, 2.75) is 32.6 Å². The summed E-state index contributed by atoms with van der Waals surface area (Å²) in [5.74, 6) is 2.25. The molecule has 0 radical (unpaired) electrons. The molecule has 0 aromatic heterocycles. The van der Waals surface area contributed by atoms with Crippen LogP contribution in [0.25, 0.3) is 0 Å². The first-order chi connectivity index (χ1) is 6.18. The molecular formula is C12H16O. The summed E-state index contributed by atoms with van der Waals surface area (Å²) in [6, 6.07) is 6.61. The molecule has 1 heteroatoms. The molecule has 0 unspecified atom stereocenters. The first-order valence-electron chi connectivity index (χ1n) is 4.95. The molecule has 1 atom stereocenters. The summed E-state index contributed by atoms with van der Waals surface area (Å²) in [4.78, 5) is 0. The van der Waals surface area contributed by atoms with Crippen molar-refractivity contribution in [3.05, 3.63) is 29.3 Å². The van der Waals surface area contributed by atoms with E-state index in [1.807, 2.05) is 0 Å². The molecule has 0 bridgehead atoms. The largest absolute Gasteiger partial charge is 0.493 e. The van der Waals surface area contributed by atoms with Gasteiger partial charge in [0.05, 0.1) is 6.61 Å². The first-order valence-corrected chi connectivity index (χ1v) is 4.95. The molecular weight excluding hydrogens is 160 g/mol. The standard InChI is InChI=1S/C12H16O/c1-8(2)10-4-5-11-9(3)7-13-12(11)6-10/h4-6,8-9H,7H2,1-3H3/t9-/m1/s1. The number of hydrogen-bond acceptors (Lipinski definition) is 1. The number of ether oxygens (including phenoxy) is 1. The highest BCUT2D eigenvalue weighted by Crippen LogP contribution is 2.35. The van der Waals surface area contributed by atoms with Crippen molar-refractivity contribution in [3.63, 3.8) is 0 Å². The summed E-state index contributed by atoms with van der Waals surface area (Å²) in [7, 11) is 0. The van der Waals surface area contributed by atoms with Crippen LogP contribution >= 0.6 is 0 Å². The van der Waals surface area contributed by atoms with Gasteiger partial charge in [-0.3, -0.25) is 0 Å². The maximum absolute atomic E-state index is 5.60. The van der Waals surface area contributed by atoms with Crippen molar-refractivity contribution in [2.75, 3.05) is 6.61 Å². The molecule has 0 saturated carbocycles. The van der Waals surface area contributed by atoms with Gasteiger partial charge in [0.25, 0.3) is 0 Å². The van der Waals surface area contributed by atoms with Crippen LogP contribution in [0, 0.1) is 0 Å². The van der Waals surface area contributed by atoms with E-state index in [9.17, 15) is 0 Å². The van der Waals surface area contributed by atoms with Crippen LogP contribution in [0.2, 0.25) is 0 Å². The van der Waals surface area contributed by atoms with Gasteiger partial charge < -0.3 is 4.74 Å². The van der Waals surface area contributed by atoms with Gasteiger partial charge in [-0.15, -0.1) is 0 Å². The number of fused-ring (bicyclic) bond motifs is 1. The minimum atomic E-state index is 0.566. The normalized spacial score (nSPS) is 20.2. The van der Waals surface area contributed by atoms with Crippen molar-refractivity contribution in [3.8, 4) is 5.75 Å². The topological polar surface area (TPSA) is 9.23 Å². The fraction of sp³-hybridized carbons (Fsp3) is 0.500. The second-order valence-corrected chi connectivity index (χ2v) is 4.16. The molecule has 1 nitrogen and oxygen atoms in total. The predicted molar refractivity (Wildman–Crippen MR) is 54.4 cm³/mol. The Morgan fingerprint density at radius 2 is 2.15 bits per heavy atom. The minimum absolute atomic E-state index is 0.566. The Morgan fingerprint density at radius 3 is 2.85 bits per heavy atom. The molecule has 0 fully saturated rings. The summed E-state index contributed by atoms with van der Waals surface area (Å²) in [5.41, 5.74) is 2.73. The molecule has 1 aliphatic heterocycles. The first kappa shape index (κ1) is 8.61. The molecule has 0 amide bonds. The Hall–Kier alpha value is -0.980. The third-order valence-electron chi connectivity index (χ3n) is 2.72. The molecule has 0 spiro atoms. The molecule has 70 valence electrons. The van der Waals surface area contributed by atoms with Gasteiger partial charge in [0.1, 0.15) is 5.75 Å². The van der Waals surface area contributed by atoms with Crippen molar-refractivity contribution in [2.24, 2.45) is 0 Å². The lowest BCUT2D eigenvalue weighted by atomic mass is 9.97. The van der Waals surface area contributed by atoms with E-state index in [4.69, 9.17) is 4.74 Å². The molecule has 0 aliphatic carbocycles. The van der Waals surface area contributed by atoms with Crippen LogP contribution in [0.5, 0.6) is 5.75 Å². The molecule has 1 aliphatic rings. The highest BCUT2D eigenvalue weighted by Gasteiger charge is 2.20. The molecule has 0 saturated heterocycles. The van der Waals surface area contributed by atoms with E-state index >= 15 is 0 Å². The number of benzene rings is 1. The second-order valence-electron chi connectivity index (χ2n) is 4.16. The monoisotopic (exact) mass is 176 g/mol. The van der Waals surface area contributed by atoms with Gasteiger partial charge in [-0.2, -0.15) is 0 Å². The van der Waals surface area contributed by atoms with E-state index in [-0.39, 0.29) is 0 Å². The van der Waals surface area contributed by atoms with Crippen molar-refractivity contribution >= 4 is 0 Å². The van der Waals surface area contributed by atoms with Gasteiger partial charge in [0.15, 0.2) is 0 Å². The van der Waals surface area contributed by atoms with E-state index in [1.54, 1.807) is 0 Å². The highest BCUT2D eigenvalue weighted by atomic mass is 16.5. The molecule has 1 aromatic carbocycles. The third kappa shape index (κ3) is 1.43. The van der Waals surface area contributed by atoms with E-state index in [2.05, 4.69) is 39.0 Å². The minimum Gasteiger partial charge on any atom is -0.493 e. The molecule has 0 N–H and O–H groups in total. The van der Waals surface area contributed by atoms with Crippen LogP contribution < -0.4 is 4.74 Å². The summed E-state index contributed by atoms with van der Waals surface area (Å²) in [6.07, 6.45) is 0. The Bertz CT molecular complexity index is 315. The van der Waals surface area contributed by atoms with Crippen LogP contribution in [-0.4, -0.2) is 6.61 Å². The van der Waals surface area contributed by atoms with Crippen molar-refractivity contribution in [1.29, 1.82) is 0 Å². The lowest BCUT2D eigenvalue weighted by Gasteiger charge is -2.07. The summed E-state index contributed by atoms with van der Waals surface area (Å²) in [6.45, 7) is 7.47. The molecule has 1 aromatic rings. The number of hydrogen-bond donors (Lipinski definition) is 0. The molecule has 13 heavy (non-hydrogen) atoms. The number of rotatable bonds is 1. The smallest absolute Gasteiger partial charge is 0.123 e. The Labute approximate surface area is 79.7 Å². The summed E-state index contributed by atoms with van der Waals surface area (Å²) in [5, 5.41) is 0. The Morgan fingerprint density at radius 1 is 1.38 bits per heavy atom. The average Bonchev–Trinajstić information content (AvgIpc) is 2.47. The van der Waals surface area contributed by atoms with E-state index in [1.165, 1.54) is 11.1 Å². The zero-order valence-electron chi connectivity index (χ0n) is 8.50. The second kappa shape index (κ2) is 3.06. The van der Waals surface area contributed by atoms with E-state index in [0.717, 1.165) is 12.4 Å². The van der Waals surface area contributed by atoms with Crippen molar-refractivity contribution in [1.82, 2.24) is 0 Å². The lowest BCUT2D eigenvalue weighted by molar-refractivity contribution is 0.337. The summed E-state index contributed by atoms with van der Waals surface area (Å²) < 4.78 is 5.60. The average molecular weight is 176 g/mol. The quantitative estimate of drug-likeness (QED) is 0.638. The van der Waals surface area contributed by atoms with Crippen LogP contribution in [0.3, 0.4) is 0 Å². The van der Waals surface area contributed by atoms with E-state index < -0.39 is 0 Å². The fourth-order valence-electron chi connectivity index (χ4n) is 1.75. The maximum Gasteiger partial charge on any atom is 0.123 e. The Kier molecular flexibility index (Phi) is 2.03. The third-order valence-corrected chi connectivity index (χ3v) is 2.72. The fourth-order valence-corrected chi connectivity index (χ4v) is 1.75. The highest BCUT2D eigenvalue weighted by molar-refractivity contribution is 5.43. The van der Waals surface area contributed by atoms with Gasteiger partial charge in [0.2, 0.25) is 0 Å². The zero-order valence-corrected chi connectivity index (χ0v) is 8.50. The molecule has 2 rings (SSSR count).